The van der Waals surface area contributed by atoms with Crippen LogP contribution in [0.5, 0.6) is 0 Å². The molecule has 1 unspecified atom stereocenters. The molecule has 0 N–H and O–H groups in total. The topological polar surface area (TPSA) is 81.9 Å². The van der Waals surface area contributed by atoms with Crippen molar-refractivity contribution in [2.45, 2.75) is 95.9 Å². The number of carbonyl (C=O) groups is 2. The molecule has 1 aliphatic carbocycles. The number of ether oxygens (including phenoxy) is 2. The number of hydrogen-bond acceptors (Lipinski definition) is 6. The van der Waals surface area contributed by atoms with Crippen molar-refractivity contribution < 1.29 is 23.6 Å². The number of carbonyl (C=O) groups excluding carboxylic acids is 2. The minimum atomic E-state index is -0.528. The Bertz CT molecular complexity index is 1050. The molecule has 3 aliphatic rings. The summed E-state index contributed by atoms with van der Waals surface area (Å²) < 4.78 is 17.3. The van der Waals surface area contributed by atoms with Gasteiger partial charge in [0, 0.05) is 36.4 Å². The molecule has 3 heterocycles. The van der Waals surface area contributed by atoms with Crippen LogP contribution in [0.3, 0.4) is 0 Å². The summed E-state index contributed by atoms with van der Waals surface area (Å²) in [5.74, 6) is 0.516. The molecule has 1 aromatic heterocycles. The van der Waals surface area contributed by atoms with Gasteiger partial charge in [0.05, 0.1) is 0 Å². The number of amides is 1. The second kappa shape index (κ2) is 8.19. The molecular formula is C26H32N2O5. The summed E-state index contributed by atoms with van der Waals surface area (Å²) >= 11 is 0. The van der Waals surface area contributed by atoms with Crippen molar-refractivity contribution in [1.82, 2.24) is 10.1 Å². The summed E-state index contributed by atoms with van der Waals surface area (Å²) in [6, 6.07) is 7.94. The first kappa shape index (κ1) is 22.0. The number of fused-ring (bicyclic) bond motifs is 2. The van der Waals surface area contributed by atoms with E-state index in [0.29, 0.717) is 29.9 Å². The van der Waals surface area contributed by atoms with Gasteiger partial charge in [-0.2, -0.15) is 0 Å². The number of aromatic nitrogens is 1. The maximum atomic E-state index is 13.4. The zero-order valence-corrected chi connectivity index (χ0v) is 19.8. The average molecular weight is 453 g/mol. The molecule has 7 nitrogen and oxygen atoms in total. The van der Waals surface area contributed by atoms with Gasteiger partial charge in [-0.25, -0.2) is 9.59 Å². The minimum Gasteiger partial charge on any atom is -0.458 e. The highest BCUT2D eigenvalue weighted by Gasteiger charge is 2.46. The molecule has 2 aliphatic heterocycles. The lowest BCUT2D eigenvalue weighted by Gasteiger charge is -2.39. The van der Waals surface area contributed by atoms with Gasteiger partial charge in [-0.1, -0.05) is 29.4 Å². The molecule has 5 rings (SSSR count). The van der Waals surface area contributed by atoms with Crippen LogP contribution in [0, 0.1) is 6.92 Å². The third-order valence-corrected chi connectivity index (χ3v) is 6.84. The Hall–Kier alpha value is -2.83. The van der Waals surface area contributed by atoms with E-state index in [9.17, 15) is 9.59 Å². The van der Waals surface area contributed by atoms with Crippen molar-refractivity contribution in [2.24, 2.45) is 0 Å². The quantitative estimate of drug-likeness (QED) is 0.561. The molecule has 1 saturated carbocycles. The molecule has 7 heteroatoms. The first-order chi connectivity index (χ1) is 15.7. The first-order valence-corrected chi connectivity index (χ1v) is 12.0. The van der Waals surface area contributed by atoms with Crippen LogP contribution in [-0.2, 0) is 9.47 Å². The highest BCUT2D eigenvalue weighted by atomic mass is 16.6. The molecule has 1 aromatic carbocycles. The van der Waals surface area contributed by atoms with Gasteiger partial charge in [-0.05, 0) is 58.9 Å². The number of rotatable bonds is 4. The highest BCUT2D eigenvalue weighted by molar-refractivity contribution is 5.98. The molecule has 3 atom stereocenters. The molecule has 0 radical (unpaired) electrons. The lowest BCUT2D eigenvalue weighted by molar-refractivity contribution is -0.0226. The number of piperidine rings is 1. The van der Waals surface area contributed by atoms with Crippen LogP contribution in [0.2, 0.25) is 0 Å². The first-order valence-electron chi connectivity index (χ1n) is 12.0. The Morgan fingerprint density at radius 2 is 1.73 bits per heavy atom. The Morgan fingerprint density at radius 1 is 1.06 bits per heavy atom. The van der Waals surface area contributed by atoms with Gasteiger partial charge in [0.25, 0.3) is 0 Å². The molecule has 3 fully saturated rings. The third-order valence-electron chi connectivity index (χ3n) is 6.84. The zero-order valence-electron chi connectivity index (χ0n) is 19.8. The standard InChI is InChI=1S/C26H32N2O5/c1-15-7-5-6-8-20(15)22-21(23(33-27-22)16-9-10-16)24(29)31-19-13-17-11-12-18(14-19)28(17)25(30)32-26(2,3)4/h5-8,16-19H,9-14H2,1-4H3/t17-,18+,19?. The van der Waals surface area contributed by atoms with Gasteiger partial charge in [-0.3, -0.25) is 0 Å². The summed E-state index contributed by atoms with van der Waals surface area (Å²) in [7, 11) is 0. The largest absolute Gasteiger partial charge is 0.458 e. The molecule has 2 saturated heterocycles. The van der Waals surface area contributed by atoms with E-state index in [0.717, 1.165) is 36.8 Å². The normalized spacial score (nSPS) is 24.6. The van der Waals surface area contributed by atoms with Crippen LogP contribution in [-0.4, -0.2) is 45.9 Å². The lowest BCUT2D eigenvalue weighted by Crippen LogP contribution is -2.50. The Balaban J connectivity index is 1.34. The van der Waals surface area contributed by atoms with E-state index in [1.807, 2.05) is 56.9 Å². The lowest BCUT2D eigenvalue weighted by atomic mass is 9.99. The van der Waals surface area contributed by atoms with Gasteiger partial charge in [0.1, 0.15) is 23.0 Å². The van der Waals surface area contributed by atoms with Crippen LogP contribution < -0.4 is 0 Å². The summed E-state index contributed by atoms with van der Waals surface area (Å²) in [4.78, 5) is 28.0. The van der Waals surface area contributed by atoms with Gasteiger partial charge in [0.15, 0.2) is 5.76 Å². The third kappa shape index (κ3) is 4.37. The smallest absolute Gasteiger partial charge is 0.410 e. The molecule has 2 bridgehead atoms. The van der Waals surface area contributed by atoms with E-state index in [-0.39, 0.29) is 36.2 Å². The Kier molecular flexibility index (Phi) is 5.46. The second-order valence-electron chi connectivity index (χ2n) is 10.6. The Morgan fingerprint density at radius 3 is 2.33 bits per heavy atom. The van der Waals surface area contributed by atoms with E-state index in [4.69, 9.17) is 14.0 Å². The highest BCUT2D eigenvalue weighted by Crippen LogP contribution is 2.45. The minimum absolute atomic E-state index is 0.0395. The molecular weight excluding hydrogens is 420 g/mol. The molecule has 33 heavy (non-hydrogen) atoms. The maximum Gasteiger partial charge on any atom is 0.410 e. The predicted molar refractivity (Wildman–Crippen MR) is 122 cm³/mol. The number of hydrogen-bond donors (Lipinski definition) is 0. The van der Waals surface area contributed by atoms with Crippen molar-refractivity contribution in [1.29, 1.82) is 0 Å². The Labute approximate surface area is 194 Å². The van der Waals surface area contributed by atoms with Crippen molar-refractivity contribution >= 4 is 12.1 Å². The van der Waals surface area contributed by atoms with Crippen LogP contribution in [0.25, 0.3) is 11.3 Å². The van der Waals surface area contributed by atoms with Crippen LogP contribution in [0.15, 0.2) is 28.8 Å². The van der Waals surface area contributed by atoms with Gasteiger partial charge in [-0.15, -0.1) is 0 Å². The van der Waals surface area contributed by atoms with Crippen molar-refractivity contribution in [3.8, 4) is 11.3 Å². The molecule has 176 valence electrons. The van der Waals surface area contributed by atoms with Crippen molar-refractivity contribution in [3.63, 3.8) is 0 Å². The number of aryl methyl sites for hydroxylation is 1. The van der Waals surface area contributed by atoms with Crippen molar-refractivity contribution in [3.05, 3.63) is 41.2 Å². The molecule has 2 aromatic rings. The maximum absolute atomic E-state index is 13.4. The predicted octanol–water partition coefficient (Wildman–Crippen LogP) is 5.61. The second-order valence-corrected chi connectivity index (χ2v) is 10.6. The van der Waals surface area contributed by atoms with Gasteiger partial charge in [0.2, 0.25) is 0 Å². The number of benzene rings is 1. The van der Waals surface area contributed by atoms with E-state index >= 15 is 0 Å². The fourth-order valence-electron chi connectivity index (χ4n) is 5.19. The fourth-order valence-corrected chi connectivity index (χ4v) is 5.19. The SMILES string of the molecule is Cc1ccccc1-c1noc(C2CC2)c1C(=O)OC1C[C@H]2CC[C@@H](C1)N2C(=O)OC(C)(C)C. The number of esters is 1. The van der Waals surface area contributed by atoms with E-state index < -0.39 is 5.60 Å². The van der Waals surface area contributed by atoms with E-state index in [2.05, 4.69) is 5.16 Å². The van der Waals surface area contributed by atoms with Crippen molar-refractivity contribution in [2.75, 3.05) is 0 Å². The van der Waals surface area contributed by atoms with E-state index in [1.54, 1.807) is 0 Å². The fraction of sp³-hybridized carbons (Fsp3) is 0.577. The average Bonchev–Trinajstić information content (AvgIpc) is 3.42. The van der Waals surface area contributed by atoms with E-state index in [1.165, 1.54) is 0 Å². The van der Waals surface area contributed by atoms with Crippen LogP contribution >= 0.6 is 0 Å². The molecule has 0 spiro atoms. The van der Waals surface area contributed by atoms with Crippen LogP contribution in [0.4, 0.5) is 4.79 Å². The molecule has 1 amide bonds. The summed E-state index contributed by atoms with van der Waals surface area (Å²) in [5.41, 5.74) is 2.42. The zero-order chi connectivity index (χ0) is 23.3. The summed E-state index contributed by atoms with van der Waals surface area (Å²) in [6.45, 7) is 7.64. The summed E-state index contributed by atoms with van der Waals surface area (Å²) in [6.07, 6.45) is 4.58. The summed E-state index contributed by atoms with van der Waals surface area (Å²) in [5, 5.41) is 4.29. The van der Waals surface area contributed by atoms with Gasteiger partial charge < -0.3 is 18.9 Å². The van der Waals surface area contributed by atoms with Gasteiger partial charge >= 0.3 is 12.1 Å². The number of nitrogens with zero attached hydrogens (tertiary/aromatic N) is 2. The monoisotopic (exact) mass is 452 g/mol. The van der Waals surface area contributed by atoms with Crippen LogP contribution in [0.1, 0.15) is 86.9 Å².